The van der Waals surface area contributed by atoms with Gasteiger partial charge in [-0.15, -0.1) is 24.0 Å². The maximum atomic E-state index is 12.4. The number of carbonyl (C=O) groups excluding carboxylic acids is 1. The van der Waals surface area contributed by atoms with Crippen molar-refractivity contribution in [3.05, 3.63) is 29.3 Å². The topological polar surface area (TPSA) is 74.8 Å². The number of aryl methyl sites for hydroxylation is 1. The SMILES string of the molecule is CCCNC(=O)CNC(=NC)NCc1ccc(C)cc1OCC(F)(F)F.I. The van der Waals surface area contributed by atoms with Crippen molar-refractivity contribution in [1.82, 2.24) is 16.0 Å². The van der Waals surface area contributed by atoms with E-state index in [9.17, 15) is 18.0 Å². The minimum Gasteiger partial charge on any atom is -0.484 e. The van der Waals surface area contributed by atoms with Crippen LogP contribution >= 0.6 is 24.0 Å². The number of hydrogen-bond donors (Lipinski definition) is 3. The number of halogens is 4. The molecule has 1 amide bonds. The molecule has 0 aliphatic rings. The zero-order valence-corrected chi connectivity index (χ0v) is 17.9. The number of amides is 1. The van der Waals surface area contributed by atoms with Crippen molar-refractivity contribution in [3.63, 3.8) is 0 Å². The van der Waals surface area contributed by atoms with Crippen molar-refractivity contribution in [2.45, 2.75) is 33.0 Å². The van der Waals surface area contributed by atoms with Crippen LogP contribution in [0.3, 0.4) is 0 Å². The lowest BCUT2D eigenvalue weighted by atomic mass is 10.1. The Balaban J connectivity index is 0.00000676. The van der Waals surface area contributed by atoms with E-state index < -0.39 is 12.8 Å². The second kappa shape index (κ2) is 12.6. The quantitative estimate of drug-likeness (QED) is 0.291. The second-order valence-electron chi connectivity index (χ2n) is 5.64. The number of guanidine groups is 1. The Hall–Kier alpha value is -1.72. The first-order chi connectivity index (χ1) is 12.2. The highest BCUT2D eigenvalue weighted by Crippen LogP contribution is 2.23. The molecule has 0 spiro atoms. The zero-order chi connectivity index (χ0) is 19.6. The number of rotatable bonds is 8. The molecule has 0 saturated carbocycles. The lowest BCUT2D eigenvalue weighted by Crippen LogP contribution is -2.43. The van der Waals surface area contributed by atoms with Gasteiger partial charge < -0.3 is 20.7 Å². The number of nitrogens with zero attached hydrogens (tertiary/aromatic N) is 1. The molecule has 0 aliphatic heterocycles. The zero-order valence-electron chi connectivity index (χ0n) is 15.6. The molecule has 27 heavy (non-hydrogen) atoms. The van der Waals surface area contributed by atoms with E-state index in [0.29, 0.717) is 18.1 Å². The number of ether oxygens (including phenoxy) is 1. The van der Waals surface area contributed by atoms with Crippen molar-refractivity contribution in [2.24, 2.45) is 4.99 Å². The molecule has 0 heterocycles. The standard InChI is InChI=1S/C17H25F3N4O2.HI/c1-4-7-22-15(25)10-24-16(21-3)23-9-13-6-5-12(2)8-14(13)26-11-17(18,19)20;/h5-6,8H,4,7,9-11H2,1-3H3,(H,22,25)(H2,21,23,24);1H. The van der Waals surface area contributed by atoms with Crippen LogP contribution in [0.15, 0.2) is 23.2 Å². The van der Waals surface area contributed by atoms with Gasteiger partial charge in [0, 0.05) is 25.7 Å². The predicted molar refractivity (Wildman–Crippen MR) is 110 cm³/mol. The maximum absolute atomic E-state index is 12.4. The molecular formula is C17H26F3IN4O2. The summed E-state index contributed by atoms with van der Waals surface area (Å²) in [7, 11) is 1.54. The Morgan fingerprint density at radius 1 is 1.22 bits per heavy atom. The molecule has 0 saturated heterocycles. The van der Waals surface area contributed by atoms with Gasteiger partial charge in [-0.25, -0.2) is 0 Å². The molecule has 0 atom stereocenters. The summed E-state index contributed by atoms with van der Waals surface area (Å²) < 4.78 is 42.1. The third-order valence-corrected chi connectivity index (χ3v) is 3.27. The number of alkyl halides is 3. The summed E-state index contributed by atoms with van der Waals surface area (Å²) in [4.78, 5) is 15.6. The molecule has 1 rings (SSSR count). The molecule has 10 heteroatoms. The molecule has 0 aromatic heterocycles. The van der Waals surface area contributed by atoms with Gasteiger partial charge in [-0.1, -0.05) is 19.1 Å². The van der Waals surface area contributed by atoms with Crippen LogP contribution in [-0.4, -0.2) is 44.8 Å². The summed E-state index contributed by atoms with van der Waals surface area (Å²) in [5.41, 5.74) is 1.35. The third-order valence-electron chi connectivity index (χ3n) is 3.27. The molecule has 1 aromatic carbocycles. The largest absolute Gasteiger partial charge is 0.484 e. The van der Waals surface area contributed by atoms with Crippen molar-refractivity contribution in [3.8, 4) is 5.75 Å². The summed E-state index contributed by atoms with van der Waals surface area (Å²) in [6.07, 6.45) is -3.56. The molecule has 1 aromatic rings. The van der Waals surface area contributed by atoms with Crippen molar-refractivity contribution in [1.29, 1.82) is 0 Å². The number of aliphatic imine (C=N–C) groups is 1. The number of carbonyl (C=O) groups is 1. The van der Waals surface area contributed by atoms with E-state index in [4.69, 9.17) is 4.74 Å². The third kappa shape index (κ3) is 10.9. The van der Waals surface area contributed by atoms with Crippen LogP contribution in [0.2, 0.25) is 0 Å². The Morgan fingerprint density at radius 3 is 2.52 bits per heavy atom. The summed E-state index contributed by atoms with van der Waals surface area (Å²) >= 11 is 0. The van der Waals surface area contributed by atoms with E-state index in [1.54, 1.807) is 25.1 Å². The first-order valence-corrected chi connectivity index (χ1v) is 8.25. The Kier molecular flexibility index (Phi) is 11.8. The smallest absolute Gasteiger partial charge is 0.422 e. The minimum atomic E-state index is -4.40. The Bertz CT molecular complexity index is 625. The van der Waals surface area contributed by atoms with Crippen LogP contribution in [0, 0.1) is 6.92 Å². The fraction of sp³-hybridized carbons (Fsp3) is 0.529. The highest BCUT2D eigenvalue weighted by atomic mass is 127. The van der Waals surface area contributed by atoms with Crippen LogP contribution in [0.4, 0.5) is 13.2 Å². The molecule has 6 nitrogen and oxygen atoms in total. The fourth-order valence-electron chi connectivity index (χ4n) is 1.99. The average Bonchev–Trinajstić information content (AvgIpc) is 2.58. The second-order valence-corrected chi connectivity index (χ2v) is 5.64. The van der Waals surface area contributed by atoms with Gasteiger partial charge >= 0.3 is 6.18 Å². The summed E-state index contributed by atoms with van der Waals surface area (Å²) in [5, 5.41) is 8.51. The Labute approximate surface area is 174 Å². The monoisotopic (exact) mass is 502 g/mol. The fourth-order valence-corrected chi connectivity index (χ4v) is 1.99. The van der Waals surface area contributed by atoms with E-state index >= 15 is 0 Å². The van der Waals surface area contributed by atoms with E-state index in [1.807, 2.05) is 6.92 Å². The first-order valence-electron chi connectivity index (χ1n) is 8.25. The van der Waals surface area contributed by atoms with Gasteiger partial charge in [0.25, 0.3) is 0 Å². The lowest BCUT2D eigenvalue weighted by Gasteiger charge is -2.16. The average molecular weight is 502 g/mol. The molecule has 0 aliphatic carbocycles. The molecule has 0 unspecified atom stereocenters. The molecule has 0 bridgehead atoms. The lowest BCUT2D eigenvalue weighted by molar-refractivity contribution is -0.153. The van der Waals surface area contributed by atoms with E-state index in [1.165, 1.54) is 7.05 Å². The van der Waals surface area contributed by atoms with Crippen molar-refractivity contribution in [2.75, 3.05) is 26.7 Å². The molecule has 154 valence electrons. The van der Waals surface area contributed by atoms with Crippen LogP contribution < -0.4 is 20.7 Å². The number of benzene rings is 1. The minimum absolute atomic E-state index is 0. The summed E-state index contributed by atoms with van der Waals surface area (Å²) in [5.74, 6) is 0.351. The summed E-state index contributed by atoms with van der Waals surface area (Å²) in [6, 6.07) is 5.03. The van der Waals surface area contributed by atoms with E-state index in [0.717, 1.165) is 12.0 Å². The van der Waals surface area contributed by atoms with Gasteiger partial charge in [-0.05, 0) is 25.0 Å². The predicted octanol–water partition coefficient (Wildman–Crippen LogP) is 2.75. The van der Waals surface area contributed by atoms with Crippen molar-refractivity contribution < 1.29 is 22.7 Å². The van der Waals surface area contributed by atoms with Crippen LogP contribution in [0.1, 0.15) is 24.5 Å². The van der Waals surface area contributed by atoms with E-state index in [-0.39, 0.29) is 48.7 Å². The maximum Gasteiger partial charge on any atom is 0.422 e. The van der Waals surface area contributed by atoms with Gasteiger partial charge in [-0.2, -0.15) is 13.2 Å². The van der Waals surface area contributed by atoms with Crippen LogP contribution in [0.5, 0.6) is 5.75 Å². The Morgan fingerprint density at radius 2 is 1.93 bits per heavy atom. The van der Waals surface area contributed by atoms with Crippen LogP contribution in [-0.2, 0) is 11.3 Å². The first kappa shape index (κ1) is 25.3. The highest BCUT2D eigenvalue weighted by Gasteiger charge is 2.28. The highest BCUT2D eigenvalue weighted by molar-refractivity contribution is 14.0. The normalized spacial score (nSPS) is 11.4. The van der Waals surface area contributed by atoms with Gasteiger partial charge in [0.2, 0.25) is 5.91 Å². The van der Waals surface area contributed by atoms with Gasteiger partial charge in [0.05, 0.1) is 6.54 Å². The van der Waals surface area contributed by atoms with Crippen molar-refractivity contribution >= 4 is 35.8 Å². The van der Waals surface area contributed by atoms with E-state index in [2.05, 4.69) is 20.9 Å². The molecule has 0 radical (unpaired) electrons. The van der Waals surface area contributed by atoms with Gasteiger partial charge in [0.1, 0.15) is 5.75 Å². The molecule has 3 N–H and O–H groups in total. The number of hydrogen-bond acceptors (Lipinski definition) is 3. The summed E-state index contributed by atoms with van der Waals surface area (Å²) in [6.45, 7) is 3.21. The van der Waals surface area contributed by atoms with Gasteiger partial charge in [-0.3, -0.25) is 9.79 Å². The number of nitrogens with one attached hydrogen (secondary N) is 3. The molecule has 0 fully saturated rings. The molecular weight excluding hydrogens is 476 g/mol. The van der Waals surface area contributed by atoms with Crippen LogP contribution in [0.25, 0.3) is 0 Å². The van der Waals surface area contributed by atoms with Gasteiger partial charge in [0.15, 0.2) is 12.6 Å².